The molecule has 0 saturated heterocycles. The maximum atomic E-state index is 8.75. The zero-order valence-electron chi connectivity index (χ0n) is 3.44. The molecule has 0 aromatic rings. The minimum absolute atomic E-state index is 0.155. The lowest BCUT2D eigenvalue weighted by Gasteiger charge is -1.87. The monoisotopic (exact) mass is 322 g/mol. The molecule has 1 nitrogen and oxygen atoms in total. The first-order valence-electron chi connectivity index (χ1n) is 1.67. The molecule has 1 rings (SSSR count). The Morgan fingerprint density at radius 3 is 2.57 bits per heavy atom. The predicted molar refractivity (Wildman–Crippen MR) is 50.9 cm³/mol. The molecule has 0 bridgehead atoms. The van der Waals surface area contributed by atoms with E-state index in [9.17, 15) is 0 Å². The molecule has 1 heterocycles. The summed E-state index contributed by atoms with van der Waals surface area (Å²) >= 11 is 0.310. The molecular weight excluding hydrogens is 318 g/mol. The fraction of sp³-hybridized carbons (Fsp3) is 0. The van der Waals surface area contributed by atoms with Crippen molar-refractivity contribution in [3.05, 3.63) is 9.84 Å². The second-order valence-electron chi connectivity index (χ2n) is 0.978. The highest BCUT2D eigenvalue weighted by Crippen LogP contribution is 2.11. The molecule has 40 valence electrons. The Morgan fingerprint density at radius 1 is 1.43 bits per heavy atom. The topological polar surface area (TPSA) is 20.2 Å². The first kappa shape index (κ1) is 5.87. The standard InChI is InChI=1S/C4H4I2O/c7-4-1-5-3-6-2-4/h1-3,7H. The normalized spacial score (nSPS) is 19.1. The van der Waals surface area contributed by atoms with E-state index in [0.29, 0.717) is 5.76 Å². The molecule has 0 spiro atoms. The first-order chi connectivity index (χ1) is 3.39. The van der Waals surface area contributed by atoms with Gasteiger partial charge in [-0.15, -0.1) is 0 Å². The van der Waals surface area contributed by atoms with Crippen molar-refractivity contribution in [2.75, 3.05) is 0 Å². The Hall–Kier alpha value is 0.740. The summed E-state index contributed by atoms with van der Waals surface area (Å²) in [5.41, 5.74) is 0. The van der Waals surface area contributed by atoms with Crippen molar-refractivity contribution >= 4 is 47.5 Å². The van der Waals surface area contributed by atoms with E-state index >= 15 is 0 Å². The molecule has 0 radical (unpaired) electrons. The Kier molecular flexibility index (Phi) is 2.44. The molecule has 1 N–H and O–H groups in total. The van der Waals surface area contributed by atoms with E-state index in [1.165, 1.54) is 0 Å². The SMILES string of the molecule is OC1=CI=CI=C1. The lowest BCUT2D eigenvalue weighted by atomic mass is 10.7. The third kappa shape index (κ3) is 1.98. The Morgan fingerprint density at radius 2 is 2.29 bits per heavy atom. The quantitative estimate of drug-likeness (QED) is 0.676. The number of rotatable bonds is 0. The molecule has 0 atom stereocenters. The third-order valence-corrected chi connectivity index (χ3v) is 6.63. The van der Waals surface area contributed by atoms with Gasteiger partial charge in [-0.25, -0.2) is 0 Å². The van der Waals surface area contributed by atoms with Crippen molar-refractivity contribution in [2.45, 2.75) is 0 Å². The van der Waals surface area contributed by atoms with E-state index in [0.717, 1.165) is 0 Å². The van der Waals surface area contributed by atoms with Gasteiger partial charge in [-0.1, -0.05) is 41.5 Å². The van der Waals surface area contributed by atoms with Crippen LogP contribution < -0.4 is 0 Å². The minimum Gasteiger partial charge on any atom is -0.507 e. The van der Waals surface area contributed by atoms with Gasteiger partial charge in [0.15, 0.2) is 0 Å². The van der Waals surface area contributed by atoms with Crippen LogP contribution in [-0.2, 0) is 0 Å². The highest BCUT2D eigenvalue weighted by atomic mass is 127. The largest absolute Gasteiger partial charge is 0.507 e. The number of aliphatic hydroxyl groups is 1. The van der Waals surface area contributed by atoms with Gasteiger partial charge >= 0.3 is 0 Å². The van der Waals surface area contributed by atoms with Gasteiger partial charge in [-0.2, -0.15) is 0 Å². The fourth-order valence-corrected chi connectivity index (χ4v) is 5.32. The van der Waals surface area contributed by atoms with Gasteiger partial charge in [0.1, 0.15) is 5.76 Å². The van der Waals surface area contributed by atoms with Gasteiger partial charge in [0.2, 0.25) is 0 Å². The molecule has 0 aromatic heterocycles. The zero-order valence-corrected chi connectivity index (χ0v) is 7.75. The van der Waals surface area contributed by atoms with E-state index in [4.69, 9.17) is 5.11 Å². The number of allylic oxidation sites excluding steroid dienone is 1. The van der Waals surface area contributed by atoms with Crippen molar-refractivity contribution in [3.8, 4) is 0 Å². The van der Waals surface area contributed by atoms with E-state index in [1.54, 1.807) is 0 Å². The average Bonchev–Trinajstić information content (AvgIpc) is 1.69. The van der Waals surface area contributed by atoms with Crippen molar-refractivity contribution < 1.29 is 5.11 Å². The van der Waals surface area contributed by atoms with Crippen LogP contribution in [0.5, 0.6) is 0 Å². The van der Waals surface area contributed by atoms with Crippen LogP contribution in [0.2, 0.25) is 0 Å². The van der Waals surface area contributed by atoms with Crippen molar-refractivity contribution in [1.82, 2.24) is 0 Å². The predicted octanol–water partition coefficient (Wildman–Crippen LogP) is 1.90. The summed E-state index contributed by atoms with van der Waals surface area (Å²) in [5, 5.41) is 8.75. The Labute approximate surface area is 61.9 Å². The lowest BCUT2D eigenvalue weighted by molar-refractivity contribution is 0.450. The number of hydrogen-bond donors (Lipinski definition) is 1. The molecule has 1 aliphatic heterocycles. The molecular formula is C4H4I2O. The maximum Gasteiger partial charge on any atom is 0.126 e. The summed E-state index contributed by atoms with van der Waals surface area (Å²) in [6.45, 7) is 0. The van der Waals surface area contributed by atoms with Crippen LogP contribution in [-0.4, -0.2) is 11.1 Å². The van der Waals surface area contributed by atoms with Crippen LogP contribution in [0.1, 0.15) is 0 Å². The minimum atomic E-state index is 0.155. The van der Waals surface area contributed by atoms with E-state index in [2.05, 4.69) is 2.02 Å². The summed E-state index contributed by atoms with van der Waals surface area (Å²) in [4.78, 5) is 0. The second-order valence-corrected chi connectivity index (χ2v) is 7.29. The average molecular weight is 322 g/mol. The van der Waals surface area contributed by atoms with Gasteiger partial charge in [-0.3, -0.25) is 0 Å². The fourth-order valence-electron chi connectivity index (χ4n) is 0.228. The molecule has 0 saturated carbocycles. The Bertz CT molecular complexity index is 146. The van der Waals surface area contributed by atoms with Gasteiger partial charge in [-0.05, 0) is 0 Å². The number of halogens is 2. The molecule has 1 aliphatic rings. The molecule has 0 aliphatic carbocycles. The van der Waals surface area contributed by atoms with Gasteiger partial charge in [0, 0.05) is 10.1 Å². The van der Waals surface area contributed by atoms with Crippen LogP contribution >= 0.6 is 41.5 Å². The highest BCUT2D eigenvalue weighted by molar-refractivity contribution is 14.3. The zero-order chi connectivity index (χ0) is 5.11. The summed E-state index contributed by atoms with van der Waals surface area (Å²) in [6.07, 6.45) is 0. The second kappa shape index (κ2) is 2.91. The summed E-state index contributed by atoms with van der Waals surface area (Å²) in [5.74, 6) is 0.531. The summed E-state index contributed by atoms with van der Waals surface area (Å²) in [6, 6.07) is 0. The van der Waals surface area contributed by atoms with Crippen LogP contribution in [0.25, 0.3) is 0 Å². The van der Waals surface area contributed by atoms with Crippen molar-refractivity contribution in [2.24, 2.45) is 0 Å². The first-order valence-corrected chi connectivity index (χ1v) is 6.66. The van der Waals surface area contributed by atoms with Crippen LogP contribution in [0.15, 0.2) is 9.84 Å². The molecule has 0 aromatic carbocycles. The summed E-state index contributed by atoms with van der Waals surface area (Å²) in [7, 11) is 0. The number of hydrogen-bond acceptors (Lipinski definition) is 1. The summed E-state index contributed by atoms with van der Waals surface area (Å²) < 4.78 is 6.20. The van der Waals surface area contributed by atoms with Gasteiger partial charge < -0.3 is 5.11 Å². The molecule has 7 heavy (non-hydrogen) atoms. The van der Waals surface area contributed by atoms with Gasteiger partial charge in [0.05, 0.1) is 0 Å². The van der Waals surface area contributed by atoms with Crippen molar-refractivity contribution in [3.63, 3.8) is 0 Å². The third-order valence-electron chi connectivity index (χ3n) is 0.445. The molecule has 0 unspecified atom stereocenters. The van der Waals surface area contributed by atoms with Crippen molar-refractivity contribution in [1.29, 1.82) is 0 Å². The smallest absolute Gasteiger partial charge is 0.126 e. The van der Waals surface area contributed by atoms with E-state index in [-0.39, 0.29) is 41.5 Å². The van der Waals surface area contributed by atoms with Gasteiger partial charge in [0.25, 0.3) is 0 Å². The Balaban J connectivity index is 2.82. The van der Waals surface area contributed by atoms with E-state index < -0.39 is 0 Å². The van der Waals surface area contributed by atoms with Crippen LogP contribution in [0.3, 0.4) is 0 Å². The highest BCUT2D eigenvalue weighted by Gasteiger charge is 1.83. The van der Waals surface area contributed by atoms with Crippen LogP contribution in [0.4, 0.5) is 0 Å². The number of aliphatic hydroxyl groups excluding tert-OH is 1. The van der Waals surface area contributed by atoms with E-state index in [1.807, 2.05) is 8.09 Å². The maximum absolute atomic E-state index is 8.75. The molecule has 0 fully saturated rings. The molecule has 0 amide bonds. The van der Waals surface area contributed by atoms with Crippen LogP contribution in [0, 0.1) is 0 Å². The molecule has 3 heteroatoms. The lowest BCUT2D eigenvalue weighted by Crippen LogP contribution is -1.76.